The average molecular weight is 326 g/mol. The van der Waals surface area contributed by atoms with E-state index in [9.17, 15) is 9.18 Å². The van der Waals surface area contributed by atoms with Crippen LogP contribution in [0.15, 0.2) is 22.7 Å². The van der Waals surface area contributed by atoms with Crippen LogP contribution in [0.1, 0.15) is 42.5 Å². The smallest absolute Gasteiger partial charge is 0.182 e. The number of benzene rings is 1. The zero-order valence-electron chi connectivity index (χ0n) is 10.7. The molecule has 3 atom stereocenters. The van der Waals surface area contributed by atoms with Crippen molar-refractivity contribution in [1.29, 1.82) is 0 Å². The molecule has 19 heavy (non-hydrogen) atoms. The van der Waals surface area contributed by atoms with Gasteiger partial charge < -0.3 is 5.32 Å². The molecule has 0 spiro atoms. The van der Waals surface area contributed by atoms with Gasteiger partial charge in [-0.3, -0.25) is 4.79 Å². The lowest BCUT2D eigenvalue weighted by molar-refractivity contribution is 0.0945. The number of carbonyl (C=O) groups excluding carboxylic acids is 1. The fourth-order valence-electron chi connectivity index (χ4n) is 3.40. The summed E-state index contributed by atoms with van der Waals surface area (Å²) < 4.78 is 14.5. The van der Waals surface area contributed by atoms with Crippen LogP contribution in [-0.4, -0.2) is 17.9 Å². The zero-order valence-corrected chi connectivity index (χ0v) is 12.2. The van der Waals surface area contributed by atoms with E-state index >= 15 is 0 Å². The molecule has 102 valence electrons. The molecule has 2 aliphatic rings. The normalized spacial score (nSPS) is 30.1. The second kappa shape index (κ2) is 5.33. The van der Waals surface area contributed by atoms with Gasteiger partial charge in [-0.1, -0.05) is 28.8 Å². The standard InChI is InChI=1S/C15H17BrFNO/c16-10-5-6-12(17)11(8-10)15(19)14-7-9-3-1-2-4-13(9)18-14/h5-6,8-9,13-14,18H,1-4,7H2. The molecule has 3 unspecified atom stereocenters. The van der Waals surface area contributed by atoms with Crippen molar-refractivity contribution in [3.8, 4) is 0 Å². The molecule has 1 saturated carbocycles. The van der Waals surface area contributed by atoms with Gasteiger partial charge in [-0.2, -0.15) is 0 Å². The molecule has 0 aromatic heterocycles. The van der Waals surface area contributed by atoms with Gasteiger partial charge in [-0.15, -0.1) is 0 Å². The Labute approximate surface area is 120 Å². The van der Waals surface area contributed by atoms with Crippen LogP contribution in [0, 0.1) is 11.7 Å². The van der Waals surface area contributed by atoms with Gasteiger partial charge in [0.1, 0.15) is 5.82 Å². The molecule has 2 fully saturated rings. The number of nitrogens with one attached hydrogen (secondary N) is 1. The number of carbonyl (C=O) groups is 1. The molecule has 1 N–H and O–H groups in total. The summed E-state index contributed by atoms with van der Waals surface area (Å²) in [6.07, 6.45) is 5.70. The number of Topliss-reactive ketones (excluding diaryl/α,β-unsaturated/α-hetero) is 1. The maximum Gasteiger partial charge on any atom is 0.182 e. The van der Waals surface area contributed by atoms with Gasteiger partial charge in [-0.05, 0) is 43.4 Å². The highest BCUT2D eigenvalue weighted by molar-refractivity contribution is 9.10. The first kappa shape index (κ1) is 13.3. The fraction of sp³-hybridized carbons (Fsp3) is 0.533. The van der Waals surface area contributed by atoms with Crippen LogP contribution in [0.5, 0.6) is 0 Å². The first-order valence-electron chi connectivity index (χ1n) is 6.90. The molecule has 4 heteroatoms. The Morgan fingerprint density at radius 1 is 1.32 bits per heavy atom. The lowest BCUT2D eigenvalue weighted by Gasteiger charge is -2.24. The van der Waals surface area contributed by atoms with E-state index in [1.54, 1.807) is 12.1 Å². The SMILES string of the molecule is O=C(c1cc(Br)ccc1F)C1CC2CCCCC2N1. The minimum absolute atomic E-state index is 0.104. The van der Waals surface area contributed by atoms with E-state index in [1.807, 2.05) is 0 Å². The summed E-state index contributed by atoms with van der Waals surface area (Å²) in [5.74, 6) is 0.0657. The maximum atomic E-state index is 13.8. The molecule has 1 aromatic carbocycles. The van der Waals surface area contributed by atoms with Gasteiger partial charge in [0.05, 0.1) is 11.6 Å². The summed E-state index contributed by atoms with van der Waals surface area (Å²) in [7, 11) is 0. The van der Waals surface area contributed by atoms with Gasteiger partial charge in [0.25, 0.3) is 0 Å². The predicted molar refractivity (Wildman–Crippen MR) is 75.7 cm³/mol. The summed E-state index contributed by atoms with van der Waals surface area (Å²) in [6, 6.07) is 4.80. The van der Waals surface area contributed by atoms with Crippen molar-refractivity contribution in [2.75, 3.05) is 0 Å². The Balaban J connectivity index is 1.79. The van der Waals surface area contributed by atoms with E-state index in [0.717, 1.165) is 17.3 Å². The molecular formula is C15H17BrFNO. The second-order valence-corrected chi connectivity index (χ2v) is 6.51. The third-order valence-corrected chi connectivity index (χ3v) is 4.87. The van der Waals surface area contributed by atoms with Crippen molar-refractivity contribution in [2.24, 2.45) is 5.92 Å². The second-order valence-electron chi connectivity index (χ2n) is 5.59. The lowest BCUT2D eigenvalue weighted by Crippen LogP contribution is -2.37. The van der Waals surface area contributed by atoms with E-state index < -0.39 is 5.82 Å². The Kier molecular flexibility index (Phi) is 3.72. The first-order chi connectivity index (χ1) is 9.15. The van der Waals surface area contributed by atoms with Crippen LogP contribution < -0.4 is 5.32 Å². The van der Waals surface area contributed by atoms with Crippen molar-refractivity contribution < 1.29 is 9.18 Å². The van der Waals surface area contributed by atoms with Gasteiger partial charge in [0, 0.05) is 10.5 Å². The Morgan fingerprint density at radius 3 is 2.89 bits per heavy atom. The minimum atomic E-state index is -0.426. The van der Waals surface area contributed by atoms with Crippen LogP contribution in [0.2, 0.25) is 0 Å². The predicted octanol–water partition coefficient (Wildman–Crippen LogP) is 3.69. The van der Waals surface area contributed by atoms with Crippen molar-refractivity contribution in [2.45, 2.75) is 44.2 Å². The number of hydrogen-bond donors (Lipinski definition) is 1. The van der Waals surface area contributed by atoms with E-state index in [1.165, 1.54) is 25.3 Å². The summed E-state index contributed by atoms with van der Waals surface area (Å²) >= 11 is 3.29. The first-order valence-corrected chi connectivity index (χ1v) is 7.70. The monoisotopic (exact) mass is 325 g/mol. The van der Waals surface area contributed by atoms with Crippen LogP contribution in [0.3, 0.4) is 0 Å². The van der Waals surface area contributed by atoms with Crippen molar-refractivity contribution in [3.05, 3.63) is 34.1 Å². The van der Waals surface area contributed by atoms with Gasteiger partial charge >= 0.3 is 0 Å². The molecule has 1 aliphatic carbocycles. The third kappa shape index (κ3) is 2.61. The Bertz CT molecular complexity index is 491. The lowest BCUT2D eigenvalue weighted by atomic mass is 9.84. The van der Waals surface area contributed by atoms with Crippen LogP contribution in [0.25, 0.3) is 0 Å². The molecular weight excluding hydrogens is 309 g/mol. The molecule has 3 rings (SSSR count). The van der Waals surface area contributed by atoms with Crippen molar-refractivity contribution in [3.63, 3.8) is 0 Å². The van der Waals surface area contributed by atoms with Crippen LogP contribution in [-0.2, 0) is 0 Å². The fourth-order valence-corrected chi connectivity index (χ4v) is 3.76. The molecule has 1 aromatic rings. The summed E-state index contributed by atoms with van der Waals surface area (Å²) in [6.45, 7) is 0. The molecule has 0 amide bonds. The Morgan fingerprint density at radius 2 is 2.11 bits per heavy atom. The highest BCUT2D eigenvalue weighted by Crippen LogP contribution is 2.34. The number of fused-ring (bicyclic) bond motifs is 1. The van der Waals surface area contributed by atoms with Crippen LogP contribution >= 0.6 is 15.9 Å². The summed E-state index contributed by atoms with van der Waals surface area (Å²) in [4.78, 5) is 12.4. The molecule has 0 radical (unpaired) electrons. The van der Waals surface area contributed by atoms with E-state index in [4.69, 9.17) is 0 Å². The summed E-state index contributed by atoms with van der Waals surface area (Å²) in [5.41, 5.74) is 0.200. The third-order valence-electron chi connectivity index (χ3n) is 4.37. The summed E-state index contributed by atoms with van der Waals surface area (Å²) in [5, 5.41) is 3.41. The zero-order chi connectivity index (χ0) is 13.4. The van der Waals surface area contributed by atoms with Crippen LogP contribution in [0.4, 0.5) is 4.39 Å². The quantitative estimate of drug-likeness (QED) is 0.840. The average Bonchev–Trinajstić information content (AvgIpc) is 2.84. The van der Waals surface area contributed by atoms with E-state index in [0.29, 0.717) is 12.0 Å². The number of hydrogen-bond acceptors (Lipinski definition) is 2. The number of rotatable bonds is 2. The van der Waals surface area contributed by atoms with E-state index in [2.05, 4.69) is 21.2 Å². The van der Waals surface area contributed by atoms with Crippen molar-refractivity contribution in [1.82, 2.24) is 5.32 Å². The molecule has 1 aliphatic heterocycles. The molecule has 2 nitrogen and oxygen atoms in total. The number of halogens is 2. The highest BCUT2D eigenvalue weighted by atomic mass is 79.9. The van der Waals surface area contributed by atoms with Gasteiger partial charge in [0.2, 0.25) is 0 Å². The molecule has 1 saturated heterocycles. The molecule has 1 heterocycles. The number of ketones is 1. The topological polar surface area (TPSA) is 29.1 Å². The minimum Gasteiger partial charge on any atom is -0.304 e. The Hall–Kier alpha value is -0.740. The molecule has 0 bridgehead atoms. The van der Waals surface area contributed by atoms with E-state index in [-0.39, 0.29) is 17.4 Å². The highest BCUT2D eigenvalue weighted by Gasteiger charge is 2.38. The van der Waals surface area contributed by atoms with Gasteiger partial charge in [-0.25, -0.2) is 4.39 Å². The van der Waals surface area contributed by atoms with Gasteiger partial charge in [0.15, 0.2) is 5.78 Å². The largest absolute Gasteiger partial charge is 0.304 e. The maximum absolute atomic E-state index is 13.8. The van der Waals surface area contributed by atoms with Crippen molar-refractivity contribution >= 4 is 21.7 Å².